The van der Waals surface area contributed by atoms with Crippen LogP contribution < -0.4 is 4.74 Å². The second-order valence-corrected chi connectivity index (χ2v) is 7.76. The molecule has 0 amide bonds. The van der Waals surface area contributed by atoms with E-state index in [1.54, 1.807) is 13.0 Å². The van der Waals surface area contributed by atoms with E-state index in [0.29, 0.717) is 34.6 Å². The Bertz CT molecular complexity index is 1030. The van der Waals surface area contributed by atoms with Gasteiger partial charge in [-0.2, -0.15) is 13.2 Å². The summed E-state index contributed by atoms with van der Waals surface area (Å²) >= 11 is 7.29. The van der Waals surface area contributed by atoms with E-state index in [-0.39, 0.29) is 5.02 Å². The quantitative estimate of drug-likeness (QED) is 0.297. The fraction of sp³-hybridized carbons (Fsp3) is 0.300. The maximum Gasteiger partial charge on any atom is 0.416 e. The molecule has 0 fully saturated rings. The smallest absolute Gasteiger partial charge is 0.416 e. The zero-order valence-electron chi connectivity index (χ0n) is 16.1. The lowest BCUT2D eigenvalue weighted by Gasteiger charge is -2.16. The number of thioether (sulfide) groups is 1. The van der Waals surface area contributed by atoms with Gasteiger partial charge in [0.05, 0.1) is 10.6 Å². The highest BCUT2D eigenvalue weighted by Gasteiger charge is 2.30. The molecule has 0 spiro atoms. The van der Waals surface area contributed by atoms with Crippen molar-refractivity contribution in [3.05, 3.63) is 70.3 Å². The van der Waals surface area contributed by atoms with Gasteiger partial charge in [0.1, 0.15) is 11.6 Å². The second kappa shape index (κ2) is 9.26. The molecule has 1 atom stereocenters. The molecule has 1 aromatic heterocycles. The summed E-state index contributed by atoms with van der Waals surface area (Å²) in [5.74, 6) is 0.685. The van der Waals surface area contributed by atoms with E-state index in [1.807, 2.05) is 11.5 Å². The standard InChI is InChI=1S/C20H18ClF4N3OS/c1-3-28-18(12(2)29-17-8-7-15(22)10-16(17)21)26-27-19(28)30-11-13-5-4-6-14(9-13)20(23,24)25/h4-10,12H,3,11H2,1-2H3. The summed E-state index contributed by atoms with van der Waals surface area (Å²) in [6.45, 7) is 4.20. The normalized spacial score (nSPS) is 12.8. The van der Waals surface area contributed by atoms with E-state index in [1.165, 1.54) is 30.0 Å². The van der Waals surface area contributed by atoms with Crippen molar-refractivity contribution in [2.45, 2.75) is 43.6 Å². The Morgan fingerprint density at radius 3 is 2.60 bits per heavy atom. The van der Waals surface area contributed by atoms with Crippen LogP contribution in [0.25, 0.3) is 0 Å². The Morgan fingerprint density at radius 2 is 1.93 bits per heavy atom. The van der Waals surface area contributed by atoms with Crippen LogP contribution in [0.5, 0.6) is 5.75 Å². The number of rotatable bonds is 7. The van der Waals surface area contributed by atoms with Crippen LogP contribution in [-0.4, -0.2) is 14.8 Å². The van der Waals surface area contributed by atoms with Gasteiger partial charge in [0, 0.05) is 12.3 Å². The molecule has 0 bridgehead atoms. The fourth-order valence-corrected chi connectivity index (χ4v) is 3.97. The molecule has 0 radical (unpaired) electrons. The molecular formula is C20H18ClF4N3OS. The van der Waals surface area contributed by atoms with Crippen LogP contribution in [0.4, 0.5) is 17.6 Å². The summed E-state index contributed by atoms with van der Waals surface area (Å²) in [7, 11) is 0. The van der Waals surface area contributed by atoms with Crippen LogP contribution in [0.1, 0.15) is 36.9 Å². The molecule has 3 rings (SSSR count). The second-order valence-electron chi connectivity index (χ2n) is 6.41. The Kier molecular flexibility index (Phi) is 6.92. The van der Waals surface area contributed by atoms with Crippen LogP contribution >= 0.6 is 23.4 Å². The Hall–Kier alpha value is -2.26. The highest BCUT2D eigenvalue weighted by Crippen LogP contribution is 2.32. The lowest BCUT2D eigenvalue weighted by atomic mass is 10.1. The maximum atomic E-state index is 13.2. The number of hydrogen-bond donors (Lipinski definition) is 0. The molecule has 0 aliphatic carbocycles. The molecule has 0 aliphatic rings. The first kappa shape index (κ1) is 22.4. The lowest BCUT2D eigenvalue weighted by molar-refractivity contribution is -0.137. The van der Waals surface area contributed by atoms with Crippen molar-refractivity contribution in [2.24, 2.45) is 0 Å². The minimum atomic E-state index is -4.38. The van der Waals surface area contributed by atoms with Crippen LogP contribution in [0.3, 0.4) is 0 Å². The van der Waals surface area contributed by atoms with Crippen LogP contribution in [0.15, 0.2) is 47.6 Å². The molecule has 0 aliphatic heterocycles. The molecule has 1 heterocycles. The van der Waals surface area contributed by atoms with Crippen molar-refractivity contribution >= 4 is 23.4 Å². The van der Waals surface area contributed by atoms with Gasteiger partial charge < -0.3 is 9.30 Å². The summed E-state index contributed by atoms with van der Waals surface area (Å²) in [6.07, 6.45) is -4.91. The summed E-state index contributed by atoms with van der Waals surface area (Å²) in [5, 5.41) is 9.03. The summed E-state index contributed by atoms with van der Waals surface area (Å²) in [4.78, 5) is 0. The van der Waals surface area contributed by atoms with Crippen LogP contribution in [0, 0.1) is 5.82 Å². The third-order valence-corrected chi connectivity index (χ3v) is 5.58. The zero-order chi connectivity index (χ0) is 21.9. The number of hydrogen-bond acceptors (Lipinski definition) is 4. The SMILES string of the molecule is CCn1c(SCc2cccc(C(F)(F)F)c2)nnc1C(C)Oc1ccc(F)cc1Cl. The molecule has 10 heteroatoms. The van der Waals surface area contributed by atoms with Gasteiger partial charge in [-0.25, -0.2) is 4.39 Å². The van der Waals surface area contributed by atoms with E-state index >= 15 is 0 Å². The first-order valence-corrected chi connectivity index (χ1v) is 10.4. The molecule has 0 saturated heterocycles. The van der Waals surface area contributed by atoms with Crippen molar-refractivity contribution in [1.82, 2.24) is 14.8 Å². The first-order valence-electron chi connectivity index (χ1n) is 9.02. The molecular weight excluding hydrogens is 442 g/mol. The number of benzene rings is 2. The van der Waals surface area contributed by atoms with E-state index < -0.39 is 23.7 Å². The highest BCUT2D eigenvalue weighted by atomic mass is 35.5. The molecule has 160 valence electrons. The largest absolute Gasteiger partial charge is 0.481 e. The van der Waals surface area contributed by atoms with E-state index in [2.05, 4.69) is 10.2 Å². The average Bonchev–Trinajstić information content (AvgIpc) is 3.11. The summed E-state index contributed by atoms with van der Waals surface area (Å²) in [6, 6.07) is 9.03. The predicted octanol–water partition coefficient (Wildman–Crippen LogP) is 6.54. The Labute approximate surface area is 180 Å². The molecule has 2 aromatic carbocycles. The van der Waals surface area contributed by atoms with Crippen molar-refractivity contribution in [3.8, 4) is 5.75 Å². The van der Waals surface area contributed by atoms with Crippen LogP contribution in [-0.2, 0) is 18.5 Å². The van der Waals surface area contributed by atoms with Gasteiger partial charge >= 0.3 is 6.18 Å². The number of nitrogens with zero attached hydrogens (tertiary/aromatic N) is 3. The van der Waals surface area contributed by atoms with Gasteiger partial charge in [-0.15, -0.1) is 10.2 Å². The van der Waals surface area contributed by atoms with Gasteiger partial charge in [0.25, 0.3) is 0 Å². The van der Waals surface area contributed by atoms with Gasteiger partial charge in [-0.3, -0.25) is 0 Å². The third kappa shape index (κ3) is 5.26. The molecule has 0 N–H and O–H groups in total. The maximum absolute atomic E-state index is 13.2. The molecule has 1 unspecified atom stereocenters. The third-order valence-electron chi connectivity index (χ3n) is 4.25. The summed E-state index contributed by atoms with van der Waals surface area (Å²) in [5.41, 5.74) is -0.152. The number of ether oxygens (including phenoxy) is 1. The first-order chi connectivity index (χ1) is 14.2. The monoisotopic (exact) mass is 459 g/mol. The van der Waals surface area contributed by atoms with Gasteiger partial charge in [0.15, 0.2) is 17.1 Å². The van der Waals surface area contributed by atoms with Crippen molar-refractivity contribution in [1.29, 1.82) is 0 Å². The minimum Gasteiger partial charge on any atom is -0.481 e. The van der Waals surface area contributed by atoms with E-state index in [9.17, 15) is 17.6 Å². The number of aromatic nitrogens is 3. The Balaban J connectivity index is 1.74. The van der Waals surface area contributed by atoms with Gasteiger partial charge in [-0.1, -0.05) is 41.6 Å². The Morgan fingerprint density at radius 1 is 1.17 bits per heavy atom. The lowest BCUT2D eigenvalue weighted by Crippen LogP contribution is -2.12. The van der Waals surface area contributed by atoms with Crippen LogP contribution in [0.2, 0.25) is 5.02 Å². The molecule has 0 saturated carbocycles. The topological polar surface area (TPSA) is 39.9 Å². The zero-order valence-corrected chi connectivity index (χ0v) is 17.7. The molecule has 3 aromatic rings. The number of alkyl halides is 3. The van der Waals surface area contributed by atoms with Crippen molar-refractivity contribution < 1.29 is 22.3 Å². The fourth-order valence-electron chi connectivity index (χ4n) is 2.80. The van der Waals surface area contributed by atoms with E-state index in [4.69, 9.17) is 16.3 Å². The predicted molar refractivity (Wildman–Crippen MR) is 107 cm³/mol. The summed E-state index contributed by atoms with van der Waals surface area (Å²) < 4.78 is 59.5. The van der Waals surface area contributed by atoms with Crippen molar-refractivity contribution in [2.75, 3.05) is 0 Å². The molecule has 30 heavy (non-hydrogen) atoms. The highest BCUT2D eigenvalue weighted by molar-refractivity contribution is 7.98. The molecule has 4 nitrogen and oxygen atoms in total. The minimum absolute atomic E-state index is 0.142. The number of halogens is 5. The van der Waals surface area contributed by atoms with E-state index in [0.717, 1.165) is 18.2 Å². The van der Waals surface area contributed by atoms with Gasteiger partial charge in [0.2, 0.25) is 0 Å². The van der Waals surface area contributed by atoms with Crippen molar-refractivity contribution in [3.63, 3.8) is 0 Å². The van der Waals surface area contributed by atoms with Gasteiger partial charge in [-0.05, 0) is 43.7 Å². The average molecular weight is 460 g/mol.